The summed E-state index contributed by atoms with van der Waals surface area (Å²) in [6, 6.07) is 3.48. The Balaban J connectivity index is 1.60. The van der Waals surface area contributed by atoms with Crippen molar-refractivity contribution in [3.63, 3.8) is 0 Å². The van der Waals surface area contributed by atoms with E-state index in [4.69, 9.17) is 9.15 Å². The zero-order valence-electron chi connectivity index (χ0n) is 13.5. The lowest BCUT2D eigenvalue weighted by molar-refractivity contribution is -0.139. The number of hydrogen-bond donors (Lipinski definition) is 2. The molecule has 1 aromatic heterocycles. The van der Waals surface area contributed by atoms with Gasteiger partial charge in [0.05, 0.1) is 19.4 Å². The Morgan fingerprint density at radius 2 is 2.04 bits per heavy atom. The topological polar surface area (TPSA) is 83.8 Å². The quantitative estimate of drug-likeness (QED) is 0.708. The van der Waals surface area contributed by atoms with Crippen LogP contribution in [0.3, 0.4) is 0 Å². The van der Waals surface area contributed by atoms with Crippen LogP contribution in [0.15, 0.2) is 22.8 Å². The Kier molecular flexibility index (Phi) is 7.09. The van der Waals surface area contributed by atoms with E-state index in [9.17, 15) is 9.59 Å². The van der Waals surface area contributed by atoms with Crippen LogP contribution < -0.4 is 10.6 Å². The van der Waals surface area contributed by atoms with Crippen LogP contribution in [0.4, 0.5) is 0 Å². The highest BCUT2D eigenvalue weighted by molar-refractivity contribution is 6.35. The van der Waals surface area contributed by atoms with E-state index in [2.05, 4.69) is 15.5 Å². The van der Waals surface area contributed by atoms with Crippen LogP contribution in [0.25, 0.3) is 0 Å². The van der Waals surface area contributed by atoms with Gasteiger partial charge in [-0.2, -0.15) is 0 Å². The van der Waals surface area contributed by atoms with Crippen molar-refractivity contribution in [3.8, 4) is 0 Å². The van der Waals surface area contributed by atoms with Gasteiger partial charge in [0.15, 0.2) is 0 Å². The molecule has 0 atom stereocenters. The number of carbonyl (C=O) groups excluding carboxylic acids is 2. The lowest BCUT2D eigenvalue weighted by atomic mass is 9.97. The molecule has 23 heavy (non-hydrogen) atoms. The van der Waals surface area contributed by atoms with Gasteiger partial charge in [-0.1, -0.05) is 0 Å². The molecule has 2 amide bonds. The lowest BCUT2D eigenvalue weighted by Gasteiger charge is -2.31. The molecule has 1 aliphatic heterocycles. The van der Waals surface area contributed by atoms with Crippen LogP contribution in [0.5, 0.6) is 0 Å². The van der Waals surface area contributed by atoms with Crippen molar-refractivity contribution in [2.45, 2.75) is 19.4 Å². The second-order valence-corrected chi connectivity index (χ2v) is 5.75. The summed E-state index contributed by atoms with van der Waals surface area (Å²) >= 11 is 0. The summed E-state index contributed by atoms with van der Waals surface area (Å²) in [5.41, 5.74) is 0. The van der Waals surface area contributed by atoms with Crippen molar-refractivity contribution >= 4 is 11.8 Å². The maximum absolute atomic E-state index is 11.8. The molecule has 1 fully saturated rings. The molecule has 1 aromatic rings. The molecule has 0 bridgehead atoms. The number of furan rings is 1. The van der Waals surface area contributed by atoms with E-state index in [0.29, 0.717) is 18.2 Å². The van der Waals surface area contributed by atoms with Crippen molar-refractivity contribution < 1.29 is 18.7 Å². The van der Waals surface area contributed by atoms with Crippen LogP contribution in [0, 0.1) is 5.92 Å². The molecule has 0 unspecified atom stereocenters. The molecule has 1 aliphatic rings. The van der Waals surface area contributed by atoms with Crippen LogP contribution in [0.1, 0.15) is 18.6 Å². The van der Waals surface area contributed by atoms with Gasteiger partial charge in [0.2, 0.25) is 0 Å². The predicted octanol–water partition coefficient (Wildman–Crippen LogP) is 0.370. The average Bonchev–Trinajstić information content (AvgIpc) is 3.10. The van der Waals surface area contributed by atoms with E-state index in [1.54, 1.807) is 19.2 Å². The molecule has 0 spiro atoms. The predicted molar refractivity (Wildman–Crippen MR) is 84.6 cm³/mol. The summed E-state index contributed by atoms with van der Waals surface area (Å²) in [4.78, 5) is 25.8. The molecule has 128 valence electrons. The summed E-state index contributed by atoms with van der Waals surface area (Å²) in [5, 5.41) is 5.25. The van der Waals surface area contributed by atoms with Crippen LogP contribution in [-0.2, 0) is 20.9 Å². The average molecular weight is 323 g/mol. The third-order valence-electron chi connectivity index (χ3n) is 4.08. The minimum atomic E-state index is -0.626. The number of nitrogens with one attached hydrogen (secondary N) is 2. The van der Waals surface area contributed by atoms with Gasteiger partial charge >= 0.3 is 11.8 Å². The number of likely N-dealkylation sites (tertiary alicyclic amines) is 1. The zero-order valence-corrected chi connectivity index (χ0v) is 13.5. The molecular formula is C16H25N3O4. The largest absolute Gasteiger partial charge is 0.467 e. The number of methoxy groups -OCH3 is 1. The zero-order chi connectivity index (χ0) is 16.5. The monoisotopic (exact) mass is 323 g/mol. The Morgan fingerprint density at radius 3 is 2.70 bits per heavy atom. The molecule has 0 aromatic carbocycles. The van der Waals surface area contributed by atoms with Gasteiger partial charge in [0.25, 0.3) is 0 Å². The smallest absolute Gasteiger partial charge is 0.309 e. The van der Waals surface area contributed by atoms with Crippen LogP contribution >= 0.6 is 0 Å². The molecule has 0 saturated carbocycles. The second-order valence-electron chi connectivity index (χ2n) is 5.75. The first-order chi connectivity index (χ1) is 11.2. The summed E-state index contributed by atoms with van der Waals surface area (Å²) < 4.78 is 10.2. The maximum atomic E-state index is 11.8. The fraction of sp³-hybridized carbons (Fsp3) is 0.625. The number of carbonyl (C=O) groups is 2. The Bertz CT molecular complexity index is 482. The molecule has 2 heterocycles. The summed E-state index contributed by atoms with van der Waals surface area (Å²) in [5.74, 6) is -0.164. The Labute approximate surface area is 136 Å². The van der Waals surface area contributed by atoms with Gasteiger partial charge in [-0.25, -0.2) is 0 Å². The first-order valence-corrected chi connectivity index (χ1v) is 7.98. The maximum Gasteiger partial charge on any atom is 0.309 e. The minimum absolute atomic E-state index is 0.219. The third kappa shape index (κ3) is 6.03. The van der Waals surface area contributed by atoms with Gasteiger partial charge < -0.3 is 24.7 Å². The number of piperidine rings is 1. The molecule has 0 aliphatic carbocycles. The number of amides is 2. The third-order valence-corrected chi connectivity index (χ3v) is 4.08. The lowest BCUT2D eigenvalue weighted by Crippen LogP contribution is -2.44. The van der Waals surface area contributed by atoms with Crippen molar-refractivity contribution in [3.05, 3.63) is 24.2 Å². The van der Waals surface area contributed by atoms with E-state index in [-0.39, 0.29) is 6.54 Å². The highest BCUT2D eigenvalue weighted by Crippen LogP contribution is 2.15. The summed E-state index contributed by atoms with van der Waals surface area (Å²) in [6.45, 7) is 4.48. The van der Waals surface area contributed by atoms with E-state index in [1.165, 1.54) is 6.26 Å². The van der Waals surface area contributed by atoms with E-state index in [0.717, 1.165) is 39.1 Å². The number of rotatable bonds is 7. The second kappa shape index (κ2) is 9.32. The molecule has 7 nitrogen and oxygen atoms in total. The van der Waals surface area contributed by atoms with Gasteiger partial charge in [-0.3, -0.25) is 9.59 Å². The standard InChI is InChI=1S/C16H25N3O4/c1-22-10-8-19-6-4-13(5-7-19)11-17-15(20)16(21)18-12-14-3-2-9-23-14/h2-3,9,13H,4-8,10-12H2,1H3,(H,17,20)(H,18,21). The van der Waals surface area contributed by atoms with Crippen LogP contribution in [0.2, 0.25) is 0 Å². The first-order valence-electron chi connectivity index (χ1n) is 7.98. The Hall–Kier alpha value is -1.86. The molecule has 0 radical (unpaired) electrons. The van der Waals surface area contributed by atoms with Gasteiger partial charge in [0, 0.05) is 20.2 Å². The number of hydrogen-bond acceptors (Lipinski definition) is 5. The fourth-order valence-corrected chi connectivity index (χ4v) is 2.61. The van der Waals surface area contributed by atoms with Crippen molar-refractivity contribution in [2.75, 3.05) is 39.9 Å². The van der Waals surface area contributed by atoms with Gasteiger partial charge in [0.1, 0.15) is 5.76 Å². The normalized spacial score (nSPS) is 16.2. The Morgan fingerprint density at radius 1 is 1.30 bits per heavy atom. The van der Waals surface area contributed by atoms with Crippen molar-refractivity contribution in [1.82, 2.24) is 15.5 Å². The SMILES string of the molecule is COCCN1CCC(CNC(=O)C(=O)NCc2ccco2)CC1. The highest BCUT2D eigenvalue weighted by atomic mass is 16.5. The summed E-state index contributed by atoms with van der Waals surface area (Å²) in [6.07, 6.45) is 3.58. The first kappa shape index (κ1) is 17.5. The molecule has 2 N–H and O–H groups in total. The van der Waals surface area contributed by atoms with E-state index in [1.807, 2.05) is 0 Å². The minimum Gasteiger partial charge on any atom is -0.467 e. The highest BCUT2D eigenvalue weighted by Gasteiger charge is 2.21. The number of nitrogens with zero attached hydrogens (tertiary/aromatic N) is 1. The van der Waals surface area contributed by atoms with Crippen molar-refractivity contribution in [1.29, 1.82) is 0 Å². The number of ether oxygens (including phenoxy) is 1. The molecule has 1 saturated heterocycles. The summed E-state index contributed by atoms with van der Waals surface area (Å²) in [7, 11) is 1.71. The molecule has 7 heteroatoms. The van der Waals surface area contributed by atoms with Crippen molar-refractivity contribution in [2.24, 2.45) is 5.92 Å². The van der Waals surface area contributed by atoms with Crippen LogP contribution in [-0.4, -0.2) is 56.6 Å². The molecule has 2 rings (SSSR count). The van der Waals surface area contributed by atoms with E-state index < -0.39 is 11.8 Å². The van der Waals surface area contributed by atoms with E-state index >= 15 is 0 Å². The molecular weight excluding hydrogens is 298 g/mol. The van der Waals surface area contributed by atoms with Gasteiger partial charge in [-0.05, 0) is 44.0 Å². The fourth-order valence-electron chi connectivity index (χ4n) is 2.61. The van der Waals surface area contributed by atoms with Gasteiger partial charge in [-0.15, -0.1) is 0 Å².